The fourth-order valence-corrected chi connectivity index (χ4v) is 4.16. The normalized spacial score (nSPS) is 20.5. The van der Waals surface area contributed by atoms with Crippen LogP contribution < -0.4 is 11.1 Å². The Morgan fingerprint density at radius 1 is 1.23 bits per heavy atom. The largest absolute Gasteiger partial charge is 0.379 e. The van der Waals surface area contributed by atoms with Crippen molar-refractivity contribution < 1.29 is 9.53 Å². The number of halogens is 1. The molecule has 8 heteroatoms. The number of ether oxygens (including phenoxy) is 1. The van der Waals surface area contributed by atoms with Crippen LogP contribution in [0.15, 0.2) is 29.3 Å². The van der Waals surface area contributed by atoms with Gasteiger partial charge in [-0.25, -0.2) is 4.99 Å². The summed E-state index contributed by atoms with van der Waals surface area (Å²) in [4.78, 5) is 21.0. The summed E-state index contributed by atoms with van der Waals surface area (Å²) in [5.74, 6) is 1.04. The highest BCUT2D eigenvalue weighted by atomic mass is 127. The van der Waals surface area contributed by atoms with Gasteiger partial charge in [0.2, 0.25) is 5.91 Å². The van der Waals surface area contributed by atoms with Crippen molar-refractivity contribution in [2.75, 3.05) is 45.9 Å². The van der Waals surface area contributed by atoms with Crippen molar-refractivity contribution >= 4 is 35.8 Å². The van der Waals surface area contributed by atoms with Gasteiger partial charge in [-0.1, -0.05) is 24.3 Å². The third kappa shape index (κ3) is 7.70. The average Bonchev–Trinajstić information content (AvgIpc) is 2.72. The molecule has 2 heterocycles. The van der Waals surface area contributed by atoms with Crippen LogP contribution in [-0.4, -0.2) is 67.6 Å². The van der Waals surface area contributed by atoms with Crippen LogP contribution in [0.2, 0.25) is 0 Å². The van der Waals surface area contributed by atoms with Gasteiger partial charge in [0, 0.05) is 45.7 Å². The summed E-state index contributed by atoms with van der Waals surface area (Å²) in [5.41, 5.74) is 8.01. The molecule has 3 N–H and O–H groups in total. The van der Waals surface area contributed by atoms with Gasteiger partial charge in [0.05, 0.1) is 19.8 Å². The number of likely N-dealkylation sites (tertiary alicyclic amines) is 1. The van der Waals surface area contributed by atoms with Crippen molar-refractivity contribution in [2.45, 2.75) is 39.3 Å². The van der Waals surface area contributed by atoms with Gasteiger partial charge in [0.1, 0.15) is 0 Å². The van der Waals surface area contributed by atoms with Crippen LogP contribution in [0.25, 0.3) is 0 Å². The number of amides is 1. The number of carbonyl (C=O) groups excluding carboxylic acids is 1. The van der Waals surface area contributed by atoms with Crippen molar-refractivity contribution in [3.8, 4) is 0 Å². The Kier molecular flexibility index (Phi) is 10.9. The summed E-state index contributed by atoms with van der Waals surface area (Å²) >= 11 is 0. The monoisotopic (exact) mass is 529 g/mol. The van der Waals surface area contributed by atoms with Crippen LogP contribution in [0.1, 0.15) is 37.3 Å². The highest BCUT2D eigenvalue weighted by molar-refractivity contribution is 14.0. The molecule has 0 aromatic heterocycles. The van der Waals surface area contributed by atoms with E-state index in [0.29, 0.717) is 18.9 Å². The number of hydrogen-bond acceptors (Lipinski definition) is 4. The maximum absolute atomic E-state index is 11.3. The SMILES string of the molecule is CCNC(=NCc1ccccc1CN1CCOCC1)N1CCCC(CC(N)=O)C1.I. The summed E-state index contributed by atoms with van der Waals surface area (Å²) in [6.07, 6.45) is 2.58. The van der Waals surface area contributed by atoms with Crippen LogP contribution in [-0.2, 0) is 22.6 Å². The number of guanidine groups is 1. The molecular formula is C22H36IN5O2. The number of nitrogens with two attached hydrogens (primary N) is 1. The van der Waals surface area contributed by atoms with Crippen molar-refractivity contribution in [2.24, 2.45) is 16.6 Å². The van der Waals surface area contributed by atoms with Crippen LogP contribution in [0.5, 0.6) is 0 Å². The van der Waals surface area contributed by atoms with E-state index < -0.39 is 0 Å². The molecule has 3 rings (SSSR count). The van der Waals surface area contributed by atoms with Crippen LogP contribution in [0.3, 0.4) is 0 Å². The molecule has 0 bridgehead atoms. The Hall–Kier alpha value is -1.39. The van der Waals surface area contributed by atoms with E-state index in [0.717, 1.165) is 71.3 Å². The summed E-state index contributed by atoms with van der Waals surface area (Å²) in [7, 11) is 0. The molecule has 1 aromatic rings. The zero-order chi connectivity index (χ0) is 20.5. The van der Waals surface area contributed by atoms with Crippen molar-refractivity contribution in [3.63, 3.8) is 0 Å². The molecule has 1 amide bonds. The van der Waals surface area contributed by atoms with E-state index in [4.69, 9.17) is 15.5 Å². The summed E-state index contributed by atoms with van der Waals surface area (Å²) in [5, 5.41) is 3.43. The summed E-state index contributed by atoms with van der Waals surface area (Å²) in [6, 6.07) is 8.57. The number of nitrogens with one attached hydrogen (secondary N) is 1. The van der Waals surface area contributed by atoms with Gasteiger partial charge in [-0.15, -0.1) is 24.0 Å². The zero-order valence-electron chi connectivity index (χ0n) is 18.0. The first kappa shape index (κ1) is 24.9. The van der Waals surface area contributed by atoms with E-state index in [1.54, 1.807) is 0 Å². The molecule has 1 atom stereocenters. The van der Waals surface area contributed by atoms with E-state index in [9.17, 15) is 4.79 Å². The Labute approximate surface area is 197 Å². The number of hydrogen-bond donors (Lipinski definition) is 2. The lowest BCUT2D eigenvalue weighted by molar-refractivity contribution is -0.119. The fraction of sp³-hybridized carbons (Fsp3) is 0.636. The number of nitrogens with zero attached hydrogens (tertiary/aromatic N) is 3. The first-order valence-electron chi connectivity index (χ1n) is 10.8. The van der Waals surface area contributed by atoms with Gasteiger partial charge in [-0.3, -0.25) is 9.69 Å². The van der Waals surface area contributed by atoms with Crippen molar-refractivity contribution in [1.82, 2.24) is 15.1 Å². The molecule has 2 saturated heterocycles. The second-order valence-electron chi connectivity index (χ2n) is 7.95. The molecule has 0 aliphatic carbocycles. The maximum atomic E-state index is 11.3. The molecule has 2 aliphatic rings. The minimum Gasteiger partial charge on any atom is -0.379 e. The number of rotatable bonds is 7. The zero-order valence-corrected chi connectivity index (χ0v) is 20.3. The quantitative estimate of drug-likeness (QED) is 0.322. The first-order valence-corrected chi connectivity index (χ1v) is 10.8. The molecule has 7 nitrogen and oxygen atoms in total. The van der Waals surface area contributed by atoms with Crippen LogP contribution >= 0.6 is 24.0 Å². The maximum Gasteiger partial charge on any atom is 0.217 e. The predicted octanol–water partition coefficient (Wildman–Crippen LogP) is 2.19. The predicted molar refractivity (Wildman–Crippen MR) is 131 cm³/mol. The average molecular weight is 529 g/mol. The Balaban J connectivity index is 0.00000320. The van der Waals surface area contributed by atoms with E-state index >= 15 is 0 Å². The molecule has 2 aliphatic heterocycles. The lowest BCUT2D eigenvalue weighted by Gasteiger charge is -2.34. The number of carbonyl (C=O) groups is 1. The smallest absolute Gasteiger partial charge is 0.217 e. The van der Waals surface area contributed by atoms with Gasteiger partial charge in [-0.2, -0.15) is 0 Å². The van der Waals surface area contributed by atoms with Gasteiger partial charge < -0.3 is 20.7 Å². The minimum atomic E-state index is -0.212. The summed E-state index contributed by atoms with van der Waals surface area (Å²) in [6.45, 7) is 9.90. The highest BCUT2D eigenvalue weighted by Gasteiger charge is 2.23. The lowest BCUT2D eigenvalue weighted by Crippen LogP contribution is -2.47. The standard InChI is InChI=1S/C22H35N5O2.HI/c1-2-24-22(27-9-5-6-18(16-27)14-21(23)28)25-15-19-7-3-4-8-20(19)17-26-10-12-29-13-11-26;/h3-4,7-8,18H,2,5-6,9-17H2,1H3,(H2,23,28)(H,24,25);1H. The number of morpholine rings is 1. The minimum absolute atomic E-state index is 0. The number of primary amides is 1. The van der Waals surface area contributed by atoms with Crippen molar-refractivity contribution in [3.05, 3.63) is 35.4 Å². The van der Waals surface area contributed by atoms with Gasteiger partial charge in [0.25, 0.3) is 0 Å². The topological polar surface area (TPSA) is 83.2 Å². The first-order chi connectivity index (χ1) is 14.2. The van der Waals surface area contributed by atoms with E-state index in [2.05, 4.69) is 46.3 Å². The Morgan fingerprint density at radius 2 is 1.97 bits per heavy atom. The molecule has 1 unspecified atom stereocenters. The fourth-order valence-electron chi connectivity index (χ4n) is 4.16. The molecular weight excluding hydrogens is 493 g/mol. The lowest BCUT2D eigenvalue weighted by atomic mass is 9.95. The molecule has 0 spiro atoms. The summed E-state index contributed by atoms with van der Waals surface area (Å²) < 4.78 is 5.47. The molecule has 0 saturated carbocycles. The molecule has 1 aromatic carbocycles. The third-order valence-corrected chi connectivity index (χ3v) is 5.66. The second kappa shape index (κ2) is 13.1. The molecule has 168 valence electrons. The molecule has 0 radical (unpaired) electrons. The van der Waals surface area contributed by atoms with Gasteiger partial charge in [0.15, 0.2) is 5.96 Å². The van der Waals surface area contributed by atoms with Gasteiger partial charge in [-0.05, 0) is 36.8 Å². The highest BCUT2D eigenvalue weighted by Crippen LogP contribution is 2.20. The Morgan fingerprint density at radius 3 is 2.67 bits per heavy atom. The number of aliphatic imine (C=N–C) groups is 1. The van der Waals surface area contributed by atoms with E-state index in [1.165, 1.54) is 11.1 Å². The van der Waals surface area contributed by atoms with E-state index in [1.807, 2.05) is 0 Å². The van der Waals surface area contributed by atoms with E-state index in [-0.39, 0.29) is 29.9 Å². The Bertz CT molecular complexity index is 694. The van der Waals surface area contributed by atoms with Crippen molar-refractivity contribution in [1.29, 1.82) is 0 Å². The van der Waals surface area contributed by atoms with Crippen LogP contribution in [0.4, 0.5) is 0 Å². The number of benzene rings is 1. The molecule has 2 fully saturated rings. The third-order valence-electron chi connectivity index (χ3n) is 5.66. The number of piperidine rings is 1. The molecule has 30 heavy (non-hydrogen) atoms. The van der Waals surface area contributed by atoms with Gasteiger partial charge >= 0.3 is 0 Å². The van der Waals surface area contributed by atoms with Crippen LogP contribution in [0, 0.1) is 5.92 Å². The second-order valence-corrected chi connectivity index (χ2v) is 7.95.